The van der Waals surface area contributed by atoms with Gasteiger partial charge in [0.25, 0.3) is 0 Å². The van der Waals surface area contributed by atoms with Gasteiger partial charge in [-0.05, 0) is 91.5 Å². The highest BCUT2D eigenvalue weighted by atomic mass is 32.2. The van der Waals surface area contributed by atoms with Crippen LogP contribution in [0.1, 0.15) is 44.1 Å². The van der Waals surface area contributed by atoms with Gasteiger partial charge in [-0.25, -0.2) is 8.42 Å². The van der Waals surface area contributed by atoms with Crippen molar-refractivity contribution in [3.05, 3.63) is 54.1 Å². The third-order valence-corrected chi connectivity index (χ3v) is 9.70. The van der Waals surface area contributed by atoms with E-state index in [2.05, 4.69) is 17.4 Å². The van der Waals surface area contributed by atoms with Crippen LogP contribution >= 0.6 is 0 Å². The van der Waals surface area contributed by atoms with E-state index >= 15 is 0 Å². The maximum Gasteiger partial charge on any atom is 0.248 e. The van der Waals surface area contributed by atoms with Crippen molar-refractivity contribution >= 4 is 38.9 Å². The number of amides is 2. The number of anilines is 3. The number of benzene rings is 2. The van der Waals surface area contributed by atoms with Gasteiger partial charge in [-0.15, -0.1) is 0 Å². The molecule has 4 saturated carbocycles. The highest BCUT2D eigenvalue weighted by Gasteiger charge is 2.51. The van der Waals surface area contributed by atoms with Crippen molar-refractivity contribution in [3.63, 3.8) is 0 Å². The molecule has 0 spiro atoms. The number of hydrogen-bond acceptors (Lipinski definition) is 4. The van der Waals surface area contributed by atoms with E-state index in [0.717, 1.165) is 28.3 Å². The van der Waals surface area contributed by atoms with Gasteiger partial charge in [0.1, 0.15) is 13.1 Å². The summed E-state index contributed by atoms with van der Waals surface area (Å²) in [5.41, 5.74) is 3.13. The Morgan fingerprint density at radius 2 is 1.60 bits per heavy atom. The number of rotatable bonds is 5. The molecule has 5 aliphatic rings. The maximum atomic E-state index is 13.3. The largest absolute Gasteiger partial charge is 0.323 e. The molecule has 0 radical (unpaired) electrons. The number of carbonyl (C=O) groups is 2. The second kappa shape index (κ2) is 8.08. The summed E-state index contributed by atoms with van der Waals surface area (Å²) in [6, 6.07) is 14.9. The lowest BCUT2D eigenvalue weighted by Gasteiger charge is -2.57. The summed E-state index contributed by atoms with van der Waals surface area (Å²) in [5.74, 6) is 1.74. The van der Waals surface area contributed by atoms with Crippen LogP contribution in [0.15, 0.2) is 48.5 Å². The Morgan fingerprint density at radius 3 is 2.20 bits per heavy atom. The molecule has 1 heterocycles. The zero-order chi connectivity index (χ0) is 24.4. The van der Waals surface area contributed by atoms with Crippen molar-refractivity contribution in [2.45, 2.75) is 43.9 Å². The molecule has 1 N–H and O–H groups in total. The minimum atomic E-state index is -3.72. The first-order chi connectivity index (χ1) is 16.7. The van der Waals surface area contributed by atoms with E-state index in [1.54, 1.807) is 24.3 Å². The fraction of sp³-hybridized carbons (Fsp3) is 0.481. The Morgan fingerprint density at radius 1 is 1.00 bits per heavy atom. The van der Waals surface area contributed by atoms with Gasteiger partial charge in [0, 0.05) is 0 Å². The van der Waals surface area contributed by atoms with E-state index in [0.29, 0.717) is 17.1 Å². The second-order valence-corrected chi connectivity index (χ2v) is 13.0. The Bertz CT molecular complexity index is 1250. The van der Waals surface area contributed by atoms with Crippen LogP contribution in [0.25, 0.3) is 0 Å². The maximum absolute atomic E-state index is 13.3. The predicted molar refractivity (Wildman–Crippen MR) is 136 cm³/mol. The summed E-state index contributed by atoms with van der Waals surface area (Å²) < 4.78 is 26.6. The van der Waals surface area contributed by atoms with Gasteiger partial charge in [-0.1, -0.05) is 24.3 Å². The molecule has 4 bridgehead atoms. The molecule has 2 aromatic carbocycles. The van der Waals surface area contributed by atoms with E-state index in [9.17, 15) is 18.0 Å². The number of nitrogens with zero attached hydrogens (tertiary/aromatic N) is 2. The van der Waals surface area contributed by atoms with Gasteiger partial charge in [-0.3, -0.25) is 18.8 Å². The summed E-state index contributed by atoms with van der Waals surface area (Å²) >= 11 is 0. The van der Waals surface area contributed by atoms with Crippen LogP contribution in [0, 0.1) is 17.8 Å². The van der Waals surface area contributed by atoms with Gasteiger partial charge in [-0.2, -0.15) is 0 Å². The molecule has 7 nitrogen and oxygen atoms in total. The van der Waals surface area contributed by atoms with Gasteiger partial charge < -0.3 is 5.32 Å². The number of hydrogen-bond donors (Lipinski definition) is 1. The first-order valence-electron chi connectivity index (χ1n) is 12.5. The average molecular weight is 494 g/mol. The molecule has 4 fully saturated rings. The molecule has 1 aliphatic heterocycles. The van der Waals surface area contributed by atoms with E-state index in [-0.39, 0.29) is 24.4 Å². The molecule has 2 amide bonds. The molecule has 7 rings (SSSR count). The highest BCUT2D eigenvalue weighted by molar-refractivity contribution is 7.92. The normalized spacial score (nSPS) is 29.0. The van der Waals surface area contributed by atoms with Crippen LogP contribution < -0.4 is 14.5 Å². The summed E-state index contributed by atoms with van der Waals surface area (Å²) in [5, 5.41) is 2.76. The number of nitrogens with one attached hydrogen (secondary N) is 1. The Balaban J connectivity index is 1.26. The van der Waals surface area contributed by atoms with Crippen molar-refractivity contribution in [2.75, 3.05) is 33.9 Å². The molecule has 0 aromatic heterocycles. The molecule has 0 saturated heterocycles. The summed E-state index contributed by atoms with van der Waals surface area (Å²) in [6.07, 6.45) is 8.95. The second-order valence-electron chi connectivity index (χ2n) is 11.1. The van der Waals surface area contributed by atoms with Gasteiger partial charge in [0.15, 0.2) is 0 Å². The Hall–Kier alpha value is -2.87. The first kappa shape index (κ1) is 22.6. The molecule has 4 aliphatic carbocycles. The number of para-hydroxylation sites is 2. The Kier molecular flexibility index (Phi) is 5.22. The monoisotopic (exact) mass is 493 g/mol. The Labute approximate surface area is 206 Å². The highest BCUT2D eigenvalue weighted by Crippen LogP contribution is 2.60. The molecular formula is C27H31N3O4S. The van der Waals surface area contributed by atoms with Crippen molar-refractivity contribution in [1.82, 2.24) is 0 Å². The zero-order valence-corrected chi connectivity index (χ0v) is 20.8. The number of fused-ring (bicyclic) bond motifs is 1. The summed E-state index contributed by atoms with van der Waals surface area (Å²) in [6.45, 7) is -0.504. The number of carbonyl (C=O) groups excluding carboxylic acids is 2. The molecule has 0 atom stereocenters. The van der Waals surface area contributed by atoms with Crippen LogP contribution in [0.3, 0.4) is 0 Å². The molecule has 2 aromatic rings. The van der Waals surface area contributed by atoms with Gasteiger partial charge >= 0.3 is 0 Å². The quantitative estimate of drug-likeness (QED) is 0.684. The van der Waals surface area contributed by atoms with Crippen LogP contribution in [0.4, 0.5) is 17.1 Å². The summed E-state index contributed by atoms with van der Waals surface area (Å²) in [7, 11) is -3.72. The van der Waals surface area contributed by atoms with Crippen LogP contribution in [-0.4, -0.2) is 39.6 Å². The van der Waals surface area contributed by atoms with Crippen molar-refractivity contribution in [3.8, 4) is 0 Å². The third-order valence-electron chi connectivity index (χ3n) is 8.56. The van der Waals surface area contributed by atoms with E-state index in [1.165, 1.54) is 49.0 Å². The molecule has 0 unspecified atom stereocenters. The predicted octanol–water partition coefficient (Wildman–Crippen LogP) is 3.91. The van der Waals surface area contributed by atoms with Gasteiger partial charge in [0.2, 0.25) is 21.8 Å². The van der Waals surface area contributed by atoms with Gasteiger partial charge in [0.05, 0.1) is 23.3 Å². The topological polar surface area (TPSA) is 86.8 Å². The van der Waals surface area contributed by atoms with Crippen molar-refractivity contribution in [2.24, 2.45) is 17.8 Å². The van der Waals surface area contributed by atoms with Crippen molar-refractivity contribution in [1.29, 1.82) is 0 Å². The van der Waals surface area contributed by atoms with Crippen LogP contribution in [0.5, 0.6) is 0 Å². The van der Waals surface area contributed by atoms with E-state index in [1.807, 2.05) is 12.1 Å². The lowest BCUT2D eigenvalue weighted by atomic mass is 9.48. The van der Waals surface area contributed by atoms with Crippen molar-refractivity contribution < 1.29 is 18.0 Å². The standard InChI is InChI=1S/C27H31N3O4S/c1-35(33,34)30(17-26(32)29-16-25(31)28-23-4-2-3-5-24(23)29)22-8-6-21(7-9-22)27-13-18-10-19(14-27)12-20(11-18)15-27/h2-9,18-20H,10-17H2,1H3,(H,28,31). The minimum absolute atomic E-state index is 0.140. The lowest BCUT2D eigenvalue weighted by molar-refractivity contribution is -0.121. The molecule has 8 heteroatoms. The summed E-state index contributed by atoms with van der Waals surface area (Å²) in [4.78, 5) is 26.8. The average Bonchev–Trinajstić information content (AvgIpc) is 2.80. The van der Waals surface area contributed by atoms with E-state index in [4.69, 9.17) is 0 Å². The first-order valence-corrected chi connectivity index (χ1v) is 14.3. The fourth-order valence-electron chi connectivity index (χ4n) is 7.51. The SMILES string of the molecule is CS(=O)(=O)N(CC(=O)N1CC(=O)Nc2ccccc21)c1ccc(C23CC4CC(CC(C4)C2)C3)cc1. The van der Waals surface area contributed by atoms with Crippen LogP contribution in [0.2, 0.25) is 0 Å². The molecule has 35 heavy (non-hydrogen) atoms. The third kappa shape index (κ3) is 4.01. The zero-order valence-electron chi connectivity index (χ0n) is 19.9. The molecular weight excluding hydrogens is 462 g/mol. The fourth-order valence-corrected chi connectivity index (χ4v) is 8.36. The smallest absolute Gasteiger partial charge is 0.248 e. The van der Waals surface area contributed by atoms with Crippen LogP contribution in [-0.2, 0) is 25.0 Å². The lowest BCUT2D eigenvalue weighted by Crippen LogP contribution is -2.48. The molecule has 184 valence electrons. The van der Waals surface area contributed by atoms with E-state index < -0.39 is 15.9 Å². The minimum Gasteiger partial charge on any atom is -0.323 e. The number of sulfonamides is 1.